The lowest BCUT2D eigenvalue weighted by atomic mass is 9.84. The fourth-order valence-electron chi connectivity index (χ4n) is 1.42. The molecule has 0 spiro atoms. The standard InChI is InChI=1S/C8H12N2O/c1-5-8(11)10-7(9-5)6-3-2-4-6/h5-6H,2-4H2,1H3,(H,9,10,11). The summed E-state index contributed by atoms with van der Waals surface area (Å²) in [6.45, 7) is 1.83. The average Bonchev–Trinajstić information content (AvgIpc) is 2.08. The Morgan fingerprint density at radius 3 is 2.64 bits per heavy atom. The van der Waals surface area contributed by atoms with Crippen molar-refractivity contribution in [3.05, 3.63) is 0 Å². The van der Waals surface area contributed by atoms with Crippen molar-refractivity contribution in [2.24, 2.45) is 10.9 Å². The Morgan fingerprint density at radius 2 is 2.27 bits per heavy atom. The lowest BCUT2D eigenvalue weighted by molar-refractivity contribution is -0.119. The first-order valence-corrected chi connectivity index (χ1v) is 4.16. The summed E-state index contributed by atoms with van der Waals surface area (Å²) in [5.74, 6) is 1.56. The van der Waals surface area contributed by atoms with Crippen LogP contribution in [0.15, 0.2) is 4.99 Å². The average molecular weight is 152 g/mol. The number of aliphatic imine (C=N–C) groups is 1. The van der Waals surface area contributed by atoms with Gasteiger partial charge in [0.2, 0.25) is 5.91 Å². The van der Waals surface area contributed by atoms with Crippen LogP contribution in [0.25, 0.3) is 0 Å². The molecule has 60 valence electrons. The zero-order valence-corrected chi connectivity index (χ0v) is 6.63. The van der Waals surface area contributed by atoms with E-state index < -0.39 is 0 Å². The normalized spacial score (nSPS) is 31.2. The van der Waals surface area contributed by atoms with Gasteiger partial charge in [0.25, 0.3) is 0 Å². The van der Waals surface area contributed by atoms with Crippen molar-refractivity contribution in [3.63, 3.8) is 0 Å². The highest BCUT2D eigenvalue weighted by Crippen LogP contribution is 2.28. The maximum atomic E-state index is 11.0. The zero-order valence-electron chi connectivity index (χ0n) is 6.63. The van der Waals surface area contributed by atoms with E-state index in [4.69, 9.17) is 0 Å². The number of rotatable bonds is 1. The molecule has 3 heteroatoms. The van der Waals surface area contributed by atoms with Crippen LogP contribution in [0.4, 0.5) is 0 Å². The number of nitrogens with zero attached hydrogens (tertiary/aromatic N) is 1. The fraction of sp³-hybridized carbons (Fsp3) is 0.750. The summed E-state index contributed by atoms with van der Waals surface area (Å²) in [6, 6.07) is -0.148. The minimum absolute atomic E-state index is 0.0619. The molecule has 2 aliphatic rings. The Morgan fingerprint density at radius 1 is 1.55 bits per heavy atom. The second kappa shape index (κ2) is 2.32. The van der Waals surface area contributed by atoms with Crippen molar-refractivity contribution in [1.82, 2.24) is 5.32 Å². The third-order valence-electron chi connectivity index (χ3n) is 2.46. The largest absolute Gasteiger partial charge is 0.312 e. The molecule has 1 amide bonds. The molecule has 0 bridgehead atoms. The molecule has 1 fully saturated rings. The molecule has 0 aromatic carbocycles. The quantitative estimate of drug-likeness (QED) is 0.590. The van der Waals surface area contributed by atoms with E-state index in [1.807, 2.05) is 6.92 Å². The molecule has 1 atom stereocenters. The number of amidine groups is 1. The summed E-state index contributed by atoms with van der Waals surface area (Å²) in [7, 11) is 0. The Bertz CT molecular complexity index is 218. The predicted molar refractivity (Wildman–Crippen MR) is 42.4 cm³/mol. The minimum Gasteiger partial charge on any atom is -0.312 e. The summed E-state index contributed by atoms with van der Waals surface area (Å²) in [6.07, 6.45) is 3.69. The molecule has 3 nitrogen and oxygen atoms in total. The zero-order chi connectivity index (χ0) is 7.84. The van der Waals surface area contributed by atoms with E-state index in [1.54, 1.807) is 0 Å². The molecule has 1 N–H and O–H groups in total. The Labute approximate surface area is 65.9 Å². The van der Waals surface area contributed by atoms with Crippen LogP contribution >= 0.6 is 0 Å². The number of hydrogen-bond donors (Lipinski definition) is 1. The van der Waals surface area contributed by atoms with Crippen molar-refractivity contribution in [1.29, 1.82) is 0 Å². The fourth-order valence-corrected chi connectivity index (χ4v) is 1.42. The van der Waals surface area contributed by atoms with E-state index in [0.29, 0.717) is 5.92 Å². The highest BCUT2D eigenvalue weighted by Gasteiger charge is 2.30. The highest BCUT2D eigenvalue weighted by atomic mass is 16.2. The van der Waals surface area contributed by atoms with Crippen LogP contribution in [0.3, 0.4) is 0 Å². The van der Waals surface area contributed by atoms with E-state index >= 15 is 0 Å². The second-order valence-electron chi connectivity index (χ2n) is 3.31. The van der Waals surface area contributed by atoms with Gasteiger partial charge in [-0.1, -0.05) is 6.42 Å². The van der Waals surface area contributed by atoms with E-state index in [0.717, 1.165) is 5.84 Å². The van der Waals surface area contributed by atoms with Crippen LogP contribution in [0.2, 0.25) is 0 Å². The smallest absolute Gasteiger partial charge is 0.249 e. The van der Waals surface area contributed by atoms with Crippen molar-refractivity contribution < 1.29 is 4.79 Å². The number of nitrogens with one attached hydrogen (secondary N) is 1. The van der Waals surface area contributed by atoms with Crippen molar-refractivity contribution in [2.75, 3.05) is 0 Å². The van der Waals surface area contributed by atoms with Crippen molar-refractivity contribution >= 4 is 11.7 Å². The van der Waals surface area contributed by atoms with E-state index in [2.05, 4.69) is 10.3 Å². The van der Waals surface area contributed by atoms with Crippen LogP contribution in [0.5, 0.6) is 0 Å². The molecule has 2 rings (SSSR count). The SMILES string of the molecule is CC1N=C(C2CCC2)NC1=O. The van der Waals surface area contributed by atoms with E-state index in [9.17, 15) is 4.79 Å². The predicted octanol–water partition coefficient (Wildman–Crippen LogP) is 0.703. The minimum atomic E-state index is -0.148. The van der Waals surface area contributed by atoms with Gasteiger partial charge < -0.3 is 5.32 Å². The van der Waals surface area contributed by atoms with Crippen molar-refractivity contribution in [3.8, 4) is 0 Å². The molecule has 0 saturated heterocycles. The Kier molecular flexibility index (Phi) is 1.44. The van der Waals surface area contributed by atoms with Gasteiger partial charge in [-0.2, -0.15) is 0 Å². The molecule has 11 heavy (non-hydrogen) atoms. The van der Waals surface area contributed by atoms with Crippen molar-refractivity contribution in [2.45, 2.75) is 32.2 Å². The molecule has 0 aromatic heterocycles. The van der Waals surface area contributed by atoms with Gasteiger partial charge in [-0.3, -0.25) is 9.79 Å². The second-order valence-corrected chi connectivity index (χ2v) is 3.31. The molecular weight excluding hydrogens is 140 g/mol. The molecule has 0 radical (unpaired) electrons. The number of carbonyl (C=O) groups is 1. The molecule has 0 aromatic rings. The summed E-state index contributed by atoms with van der Waals surface area (Å²) >= 11 is 0. The third-order valence-corrected chi connectivity index (χ3v) is 2.46. The maximum absolute atomic E-state index is 11.0. The topological polar surface area (TPSA) is 41.5 Å². The van der Waals surface area contributed by atoms with Gasteiger partial charge in [0.05, 0.1) is 0 Å². The van der Waals surface area contributed by atoms with Gasteiger partial charge in [0, 0.05) is 5.92 Å². The Balaban J connectivity index is 2.05. The van der Waals surface area contributed by atoms with Crippen LogP contribution in [0, 0.1) is 5.92 Å². The van der Waals surface area contributed by atoms with Gasteiger partial charge in [0.1, 0.15) is 11.9 Å². The van der Waals surface area contributed by atoms with Gasteiger partial charge in [0.15, 0.2) is 0 Å². The lowest BCUT2D eigenvalue weighted by Gasteiger charge is -2.24. The van der Waals surface area contributed by atoms with Crippen LogP contribution < -0.4 is 5.32 Å². The van der Waals surface area contributed by atoms with Gasteiger partial charge >= 0.3 is 0 Å². The molecule has 1 heterocycles. The maximum Gasteiger partial charge on any atom is 0.249 e. The monoisotopic (exact) mass is 152 g/mol. The first-order chi connectivity index (χ1) is 5.27. The molecule has 1 unspecified atom stereocenters. The van der Waals surface area contributed by atoms with Gasteiger partial charge in [-0.25, -0.2) is 0 Å². The lowest BCUT2D eigenvalue weighted by Crippen LogP contribution is -2.34. The summed E-state index contributed by atoms with van der Waals surface area (Å²) < 4.78 is 0. The number of hydrogen-bond acceptors (Lipinski definition) is 2. The van der Waals surface area contributed by atoms with Crippen LogP contribution in [-0.4, -0.2) is 17.8 Å². The summed E-state index contributed by atoms with van der Waals surface area (Å²) in [5.41, 5.74) is 0. The van der Waals surface area contributed by atoms with Gasteiger partial charge in [-0.15, -0.1) is 0 Å². The van der Waals surface area contributed by atoms with Crippen LogP contribution in [0.1, 0.15) is 26.2 Å². The first-order valence-electron chi connectivity index (χ1n) is 4.16. The van der Waals surface area contributed by atoms with Gasteiger partial charge in [-0.05, 0) is 19.8 Å². The summed E-state index contributed by atoms with van der Waals surface area (Å²) in [4.78, 5) is 15.3. The molecule has 1 aliphatic heterocycles. The molecule has 1 saturated carbocycles. The third kappa shape index (κ3) is 1.04. The first kappa shape index (κ1) is 6.83. The number of carbonyl (C=O) groups excluding carboxylic acids is 1. The van der Waals surface area contributed by atoms with E-state index in [1.165, 1.54) is 19.3 Å². The molecule has 1 aliphatic carbocycles. The number of amides is 1. The summed E-state index contributed by atoms with van der Waals surface area (Å²) in [5, 5.41) is 2.82. The van der Waals surface area contributed by atoms with Crippen LogP contribution in [-0.2, 0) is 4.79 Å². The highest BCUT2D eigenvalue weighted by molar-refractivity contribution is 6.06. The Hall–Kier alpha value is -0.860. The van der Waals surface area contributed by atoms with E-state index in [-0.39, 0.29) is 11.9 Å². The molecular formula is C8H12N2O.